The Morgan fingerprint density at radius 1 is 0.312 bits per heavy atom. The van der Waals surface area contributed by atoms with Crippen molar-refractivity contribution >= 4 is 66.0 Å². The van der Waals surface area contributed by atoms with Gasteiger partial charge in [-0.15, -0.1) is 0 Å². The fourth-order valence-corrected chi connectivity index (χ4v) is 7.87. The summed E-state index contributed by atoms with van der Waals surface area (Å²) in [5.74, 6) is 0. The van der Waals surface area contributed by atoms with E-state index in [1.165, 1.54) is 87.2 Å². The second kappa shape index (κ2) is 11.2. The second-order valence-corrected chi connectivity index (χ2v) is 12.5. The molecular weight excluding hydrogens is 577 g/mol. The largest absolute Gasteiger partial charge is 0.0984 e. The predicted octanol–water partition coefficient (Wildman–Crippen LogP) is 13.7. The van der Waals surface area contributed by atoms with Gasteiger partial charge in [0.2, 0.25) is 0 Å². The van der Waals surface area contributed by atoms with Crippen molar-refractivity contribution in [2.75, 3.05) is 0 Å². The van der Waals surface area contributed by atoms with E-state index in [1.807, 2.05) is 12.2 Å². The molecule has 9 rings (SSSR count). The Bertz CT molecular complexity index is 2700. The third kappa shape index (κ3) is 4.24. The van der Waals surface area contributed by atoms with Crippen LogP contribution in [0.4, 0.5) is 0 Å². The van der Waals surface area contributed by atoms with Crippen LogP contribution in [0.1, 0.15) is 11.1 Å². The lowest BCUT2D eigenvalue weighted by Gasteiger charge is -2.19. The van der Waals surface area contributed by atoms with Crippen molar-refractivity contribution in [3.05, 3.63) is 182 Å². The van der Waals surface area contributed by atoms with Gasteiger partial charge in [-0.1, -0.05) is 171 Å². The molecular formula is C48H32. The molecule has 0 saturated heterocycles. The van der Waals surface area contributed by atoms with Crippen LogP contribution in [0.3, 0.4) is 0 Å². The second-order valence-electron chi connectivity index (χ2n) is 12.5. The molecule has 224 valence electrons. The first kappa shape index (κ1) is 28.0. The van der Waals surface area contributed by atoms with Crippen LogP contribution < -0.4 is 0 Å². The molecule has 9 aromatic carbocycles. The number of hydrogen-bond acceptors (Lipinski definition) is 0. The van der Waals surface area contributed by atoms with E-state index in [1.54, 1.807) is 0 Å². The SMILES string of the molecule is C=Cc1cc2ccccc2c(-c2ccc(-c3ccc(-c4c5ccccc5cc5ccccc45)c4ccccc34)c3ccccc23)c1C=C. The van der Waals surface area contributed by atoms with Crippen molar-refractivity contribution in [2.45, 2.75) is 0 Å². The summed E-state index contributed by atoms with van der Waals surface area (Å²) in [7, 11) is 0. The van der Waals surface area contributed by atoms with Gasteiger partial charge in [-0.05, 0) is 111 Å². The van der Waals surface area contributed by atoms with E-state index in [-0.39, 0.29) is 0 Å². The highest BCUT2D eigenvalue weighted by Gasteiger charge is 2.19. The Morgan fingerprint density at radius 2 is 0.667 bits per heavy atom. The molecule has 0 atom stereocenters. The molecule has 0 unspecified atom stereocenters. The summed E-state index contributed by atoms with van der Waals surface area (Å²) in [6.07, 6.45) is 3.92. The summed E-state index contributed by atoms with van der Waals surface area (Å²) in [5, 5.41) is 12.4. The molecule has 0 amide bonds. The molecule has 48 heavy (non-hydrogen) atoms. The van der Waals surface area contributed by atoms with Crippen LogP contribution in [0.15, 0.2) is 171 Å². The summed E-state index contributed by atoms with van der Waals surface area (Å²) in [5.41, 5.74) is 9.60. The average molecular weight is 609 g/mol. The molecule has 0 heterocycles. The monoisotopic (exact) mass is 608 g/mol. The zero-order valence-corrected chi connectivity index (χ0v) is 26.6. The van der Waals surface area contributed by atoms with Gasteiger partial charge >= 0.3 is 0 Å². The van der Waals surface area contributed by atoms with Crippen LogP contribution in [0.2, 0.25) is 0 Å². The lowest BCUT2D eigenvalue weighted by Crippen LogP contribution is -1.94. The standard InChI is InChI=1S/C48H32/c1-3-31-29-32-15-5-8-18-36(32)47(35(31)4-2)45-27-25-43(39-21-11-13-23-41(39)45)44-26-28-46(42-24-14-12-22-40(42)44)48-37-19-9-6-16-33(37)30-34-17-7-10-20-38(34)48/h3-30H,1-2H2. The minimum Gasteiger partial charge on any atom is -0.0984 e. The van der Waals surface area contributed by atoms with Crippen molar-refractivity contribution in [2.24, 2.45) is 0 Å². The van der Waals surface area contributed by atoms with Gasteiger partial charge in [-0.25, -0.2) is 0 Å². The Balaban J connectivity index is 1.33. The van der Waals surface area contributed by atoms with Gasteiger partial charge in [0.15, 0.2) is 0 Å². The van der Waals surface area contributed by atoms with Gasteiger partial charge in [0.25, 0.3) is 0 Å². The van der Waals surface area contributed by atoms with Gasteiger partial charge < -0.3 is 0 Å². The van der Waals surface area contributed by atoms with Gasteiger partial charge in [0.1, 0.15) is 0 Å². The van der Waals surface area contributed by atoms with Crippen molar-refractivity contribution in [1.82, 2.24) is 0 Å². The van der Waals surface area contributed by atoms with E-state index in [9.17, 15) is 0 Å². The maximum atomic E-state index is 4.24. The topological polar surface area (TPSA) is 0 Å². The zero-order valence-electron chi connectivity index (χ0n) is 26.6. The van der Waals surface area contributed by atoms with Crippen molar-refractivity contribution < 1.29 is 0 Å². The number of fused-ring (bicyclic) bond motifs is 5. The summed E-state index contributed by atoms with van der Waals surface area (Å²) >= 11 is 0. The third-order valence-electron chi connectivity index (χ3n) is 9.99. The summed E-state index contributed by atoms with van der Waals surface area (Å²) < 4.78 is 0. The Hall–Kier alpha value is -6.24. The van der Waals surface area contributed by atoms with E-state index in [2.05, 4.69) is 171 Å². The molecule has 0 N–H and O–H groups in total. The third-order valence-corrected chi connectivity index (χ3v) is 9.99. The Morgan fingerprint density at radius 3 is 1.12 bits per heavy atom. The van der Waals surface area contributed by atoms with Gasteiger partial charge in [0, 0.05) is 0 Å². The zero-order chi connectivity index (χ0) is 32.2. The Kier molecular flexibility index (Phi) is 6.55. The first-order valence-electron chi connectivity index (χ1n) is 16.5. The molecule has 0 aliphatic carbocycles. The van der Waals surface area contributed by atoms with Crippen LogP contribution in [0, 0.1) is 0 Å². The van der Waals surface area contributed by atoms with Crippen LogP contribution in [0.5, 0.6) is 0 Å². The molecule has 0 aromatic heterocycles. The van der Waals surface area contributed by atoms with Crippen LogP contribution >= 0.6 is 0 Å². The number of benzene rings is 9. The minimum absolute atomic E-state index is 1.09. The van der Waals surface area contributed by atoms with Crippen molar-refractivity contribution in [3.8, 4) is 33.4 Å². The summed E-state index contributed by atoms with van der Waals surface area (Å²) in [6.45, 7) is 8.38. The molecule has 0 aliphatic heterocycles. The molecule has 0 nitrogen and oxygen atoms in total. The molecule has 9 aromatic rings. The van der Waals surface area contributed by atoms with Crippen LogP contribution in [0.25, 0.3) is 99.4 Å². The van der Waals surface area contributed by atoms with E-state index in [4.69, 9.17) is 0 Å². The van der Waals surface area contributed by atoms with Gasteiger partial charge in [-0.2, -0.15) is 0 Å². The predicted molar refractivity (Wildman–Crippen MR) is 210 cm³/mol. The first-order valence-corrected chi connectivity index (χ1v) is 16.5. The normalized spacial score (nSPS) is 11.5. The summed E-state index contributed by atoms with van der Waals surface area (Å²) in [4.78, 5) is 0. The van der Waals surface area contributed by atoms with E-state index < -0.39 is 0 Å². The maximum Gasteiger partial charge on any atom is -0.00206 e. The molecule has 0 bridgehead atoms. The van der Waals surface area contributed by atoms with Crippen molar-refractivity contribution in [3.63, 3.8) is 0 Å². The lowest BCUT2D eigenvalue weighted by atomic mass is 9.84. The fourth-order valence-electron chi connectivity index (χ4n) is 7.87. The van der Waals surface area contributed by atoms with E-state index in [0.717, 1.165) is 11.1 Å². The fraction of sp³-hybridized carbons (Fsp3) is 0. The molecule has 0 saturated carbocycles. The van der Waals surface area contributed by atoms with Crippen LogP contribution in [-0.2, 0) is 0 Å². The van der Waals surface area contributed by atoms with E-state index in [0.29, 0.717) is 0 Å². The van der Waals surface area contributed by atoms with E-state index >= 15 is 0 Å². The molecule has 0 aliphatic rings. The molecule has 0 fully saturated rings. The minimum atomic E-state index is 1.09. The molecule has 0 heteroatoms. The smallest absolute Gasteiger partial charge is 0.00206 e. The van der Waals surface area contributed by atoms with Gasteiger partial charge in [-0.3, -0.25) is 0 Å². The number of rotatable bonds is 5. The van der Waals surface area contributed by atoms with Crippen LogP contribution in [-0.4, -0.2) is 0 Å². The van der Waals surface area contributed by atoms with Crippen molar-refractivity contribution in [1.29, 1.82) is 0 Å². The highest BCUT2D eigenvalue weighted by molar-refractivity contribution is 6.20. The Labute approximate surface area is 280 Å². The average Bonchev–Trinajstić information content (AvgIpc) is 3.15. The quantitative estimate of drug-likeness (QED) is 0.171. The maximum absolute atomic E-state index is 4.24. The lowest BCUT2D eigenvalue weighted by molar-refractivity contribution is 1.62. The van der Waals surface area contributed by atoms with Gasteiger partial charge in [0.05, 0.1) is 0 Å². The molecule has 0 radical (unpaired) electrons. The highest BCUT2D eigenvalue weighted by Crippen LogP contribution is 2.45. The molecule has 0 spiro atoms. The number of hydrogen-bond donors (Lipinski definition) is 0. The first-order chi connectivity index (χ1) is 23.7. The highest BCUT2D eigenvalue weighted by atomic mass is 14.2. The summed E-state index contributed by atoms with van der Waals surface area (Å²) in [6, 6.07) is 57.7.